The highest BCUT2D eigenvalue weighted by molar-refractivity contribution is 5.73. The van der Waals surface area contributed by atoms with Crippen LogP contribution < -0.4 is 10.5 Å². The van der Waals surface area contributed by atoms with E-state index in [1.165, 1.54) is 0 Å². The molecule has 0 aliphatic carbocycles. The topological polar surface area (TPSA) is 72.5 Å². The predicted octanol–water partition coefficient (Wildman–Crippen LogP) is 2.08. The van der Waals surface area contributed by atoms with E-state index in [0.29, 0.717) is 5.75 Å². The van der Waals surface area contributed by atoms with Gasteiger partial charge in [-0.2, -0.15) is 0 Å². The summed E-state index contributed by atoms with van der Waals surface area (Å²) in [6.45, 7) is 8.26. The highest BCUT2D eigenvalue weighted by atomic mass is 16.5. The number of aryl methyl sites for hydroxylation is 1. The molecule has 0 saturated carbocycles. The second-order valence-electron chi connectivity index (χ2n) is 5.51. The highest BCUT2D eigenvalue weighted by Gasteiger charge is 2.20. The van der Waals surface area contributed by atoms with E-state index >= 15 is 0 Å². The molecule has 18 heavy (non-hydrogen) atoms. The Balaban J connectivity index is 2.92. The molecule has 0 bridgehead atoms. The van der Waals surface area contributed by atoms with Crippen LogP contribution in [0.25, 0.3) is 0 Å². The van der Waals surface area contributed by atoms with Gasteiger partial charge in [0, 0.05) is 0 Å². The fraction of sp³-hybridized carbons (Fsp3) is 0.500. The molecule has 1 aromatic rings. The molecule has 0 aromatic heterocycles. The summed E-state index contributed by atoms with van der Waals surface area (Å²) in [5.74, 6) is -0.357. The molecule has 0 radical (unpaired) electrons. The number of carboxylic acids is 1. The van der Waals surface area contributed by atoms with Gasteiger partial charge in [0.1, 0.15) is 18.4 Å². The third-order valence-corrected chi connectivity index (χ3v) is 2.68. The molecule has 0 spiro atoms. The molecule has 1 unspecified atom stereocenters. The number of hydrogen-bond acceptors (Lipinski definition) is 3. The summed E-state index contributed by atoms with van der Waals surface area (Å²) in [4.78, 5) is 10.7. The second kappa shape index (κ2) is 5.40. The third kappa shape index (κ3) is 3.74. The molecular weight excluding hydrogens is 230 g/mol. The first-order chi connectivity index (χ1) is 8.21. The van der Waals surface area contributed by atoms with Gasteiger partial charge in [-0.05, 0) is 24.0 Å². The van der Waals surface area contributed by atoms with Crippen LogP contribution >= 0.6 is 0 Å². The fourth-order valence-electron chi connectivity index (χ4n) is 1.61. The largest absolute Gasteiger partial charge is 0.491 e. The number of nitrogens with two attached hydrogens (primary N) is 1. The van der Waals surface area contributed by atoms with Crippen LogP contribution in [0.2, 0.25) is 0 Å². The zero-order chi connectivity index (χ0) is 13.9. The quantitative estimate of drug-likeness (QED) is 0.859. The molecular formula is C14H21NO3. The normalized spacial score (nSPS) is 13.2. The summed E-state index contributed by atoms with van der Waals surface area (Å²) in [6, 6.07) is 4.86. The lowest BCUT2D eigenvalue weighted by molar-refractivity contribution is -0.139. The molecule has 1 rings (SSSR count). The van der Waals surface area contributed by atoms with E-state index in [9.17, 15) is 4.79 Å². The van der Waals surface area contributed by atoms with E-state index in [4.69, 9.17) is 15.6 Å². The Hall–Kier alpha value is -1.55. The number of rotatable bonds is 4. The van der Waals surface area contributed by atoms with Gasteiger partial charge in [-0.25, -0.2) is 0 Å². The number of ether oxygens (including phenoxy) is 1. The van der Waals surface area contributed by atoms with Crippen molar-refractivity contribution in [2.24, 2.45) is 5.73 Å². The van der Waals surface area contributed by atoms with Crippen LogP contribution in [0.15, 0.2) is 18.2 Å². The van der Waals surface area contributed by atoms with Crippen LogP contribution in [0.4, 0.5) is 0 Å². The molecule has 4 nitrogen and oxygen atoms in total. The molecule has 4 heteroatoms. The Morgan fingerprint density at radius 1 is 1.44 bits per heavy atom. The molecule has 1 atom stereocenters. The average Bonchev–Trinajstić information content (AvgIpc) is 2.25. The van der Waals surface area contributed by atoms with Gasteiger partial charge in [0.25, 0.3) is 0 Å². The summed E-state index contributed by atoms with van der Waals surface area (Å²) >= 11 is 0. The summed E-state index contributed by atoms with van der Waals surface area (Å²) in [6.07, 6.45) is 0. The van der Waals surface area contributed by atoms with E-state index < -0.39 is 12.0 Å². The minimum absolute atomic E-state index is 0.0263. The lowest BCUT2D eigenvalue weighted by atomic mass is 9.85. The SMILES string of the molecule is Cc1ccc(OCC(N)C(=O)O)c(C(C)(C)C)c1. The van der Waals surface area contributed by atoms with E-state index in [0.717, 1.165) is 11.1 Å². The number of benzene rings is 1. The zero-order valence-corrected chi connectivity index (χ0v) is 11.4. The molecule has 100 valence electrons. The summed E-state index contributed by atoms with van der Waals surface area (Å²) < 4.78 is 5.54. The minimum Gasteiger partial charge on any atom is -0.491 e. The number of carboxylic acid groups (broad SMARTS) is 1. The number of aliphatic carboxylic acids is 1. The van der Waals surface area contributed by atoms with Gasteiger partial charge in [-0.1, -0.05) is 38.5 Å². The molecule has 1 aromatic carbocycles. The van der Waals surface area contributed by atoms with Crippen LogP contribution in [-0.2, 0) is 10.2 Å². The van der Waals surface area contributed by atoms with Gasteiger partial charge in [0.2, 0.25) is 0 Å². The molecule has 0 heterocycles. The van der Waals surface area contributed by atoms with Gasteiger partial charge in [-0.3, -0.25) is 4.79 Å². The van der Waals surface area contributed by atoms with Gasteiger partial charge >= 0.3 is 5.97 Å². The number of carbonyl (C=O) groups is 1. The molecule has 0 aliphatic heterocycles. The first kappa shape index (κ1) is 14.5. The first-order valence-corrected chi connectivity index (χ1v) is 5.94. The summed E-state index contributed by atoms with van der Waals surface area (Å²) in [7, 11) is 0. The van der Waals surface area contributed by atoms with E-state index in [1.54, 1.807) is 0 Å². The van der Waals surface area contributed by atoms with Crippen molar-refractivity contribution < 1.29 is 14.6 Å². The Labute approximate surface area is 108 Å². The van der Waals surface area contributed by atoms with Crippen molar-refractivity contribution in [2.45, 2.75) is 39.2 Å². The lowest BCUT2D eigenvalue weighted by Crippen LogP contribution is -2.36. The van der Waals surface area contributed by atoms with Gasteiger partial charge in [-0.15, -0.1) is 0 Å². The highest BCUT2D eigenvalue weighted by Crippen LogP contribution is 2.32. The molecule has 0 saturated heterocycles. The maximum absolute atomic E-state index is 10.7. The maximum Gasteiger partial charge on any atom is 0.324 e. The van der Waals surface area contributed by atoms with Crippen molar-refractivity contribution in [3.63, 3.8) is 0 Å². The standard InChI is InChI=1S/C14H21NO3/c1-9-5-6-12(10(7-9)14(2,3)4)18-8-11(15)13(16)17/h5-7,11H,8,15H2,1-4H3,(H,16,17). The van der Waals surface area contributed by atoms with E-state index in [2.05, 4.69) is 26.8 Å². The molecule has 3 N–H and O–H groups in total. The van der Waals surface area contributed by atoms with Crippen LogP contribution in [0.3, 0.4) is 0 Å². The molecule has 0 fully saturated rings. The maximum atomic E-state index is 10.7. The predicted molar refractivity (Wildman–Crippen MR) is 71.0 cm³/mol. The Morgan fingerprint density at radius 3 is 2.56 bits per heavy atom. The Kier molecular flexibility index (Phi) is 4.35. The Morgan fingerprint density at radius 2 is 2.06 bits per heavy atom. The van der Waals surface area contributed by atoms with Crippen molar-refractivity contribution in [2.75, 3.05) is 6.61 Å². The molecule has 0 amide bonds. The Bertz CT molecular complexity index is 435. The van der Waals surface area contributed by atoms with Crippen LogP contribution in [0, 0.1) is 6.92 Å². The van der Waals surface area contributed by atoms with Crippen LogP contribution in [-0.4, -0.2) is 23.7 Å². The van der Waals surface area contributed by atoms with Gasteiger partial charge in [0.15, 0.2) is 0 Å². The van der Waals surface area contributed by atoms with E-state index in [-0.39, 0.29) is 12.0 Å². The monoisotopic (exact) mass is 251 g/mol. The summed E-state index contributed by atoms with van der Waals surface area (Å²) in [5.41, 5.74) is 7.57. The smallest absolute Gasteiger partial charge is 0.324 e. The van der Waals surface area contributed by atoms with Crippen molar-refractivity contribution in [1.29, 1.82) is 0 Å². The third-order valence-electron chi connectivity index (χ3n) is 2.68. The number of hydrogen-bond donors (Lipinski definition) is 2. The molecule has 0 aliphatic rings. The van der Waals surface area contributed by atoms with Gasteiger partial charge in [0.05, 0.1) is 0 Å². The van der Waals surface area contributed by atoms with Crippen molar-refractivity contribution in [1.82, 2.24) is 0 Å². The fourth-order valence-corrected chi connectivity index (χ4v) is 1.61. The van der Waals surface area contributed by atoms with Gasteiger partial charge < -0.3 is 15.6 Å². The van der Waals surface area contributed by atoms with Crippen molar-refractivity contribution in [3.8, 4) is 5.75 Å². The zero-order valence-electron chi connectivity index (χ0n) is 11.4. The van der Waals surface area contributed by atoms with Crippen molar-refractivity contribution in [3.05, 3.63) is 29.3 Å². The lowest BCUT2D eigenvalue weighted by Gasteiger charge is -2.23. The van der Waals surface area contributed by atoms with Crippen LogP contribution in [0.5, 0.6) is 5.75 Å². The minimum atomic E-state index is -1.06. The van der Waals surface area contributed by atoms with E-state index in [1.807, 2.05) is 19.1 Å². The summed E-state index contributed by atoms with van der Waals surface area (Å²) in [5, 5.41) is 8.73. The van der Waals surface area contributed by atoms with Crippen LogP contribution in [0.1, 0.15) is 31.9 Å². The van der Waals surface area contributed by atoms with Crippen molar-refractivity contribution >= 4 is 5.97 Å². The average molecular weight is 251 g/mol. The first-order valence-electron chi connectivity index (χ1n) is 5.94. The second-order valence-corrected chi connectivity index (χ2v) is 5.51.